The molecule has 0 amide bonds. The van der Waals surface area contributed by atoms with Crippen molar-refractivity contribution in [3.8, 4) is 5.75 Å². The summed E-state index contributed by atoms with van der Waals surface area (Å²) in [5.41, 5.74) is 7.21. The van der Waals surface area contributed by atoms with E-state index in [0.717, 1.165) is 23.2 Å². The Balaban J connectivity index is 2.45. The minimum absolute atomic E-state index is 0.859. The molecule has 0 saturated heterocycles. The van der Waals surface area contributed by atoms with E-state index in [9.17, 15) is 0 Å². The summed E-state index contributed by atoms with van der Waals surface area (Å²) in [6.45, 7) is 0.958. The molecule has 0 spiro atoms. The standard InChI is InChI=1S/C11H14N2OS2/c1-14-8-3-4-9-10(7-8)16-11(12)13(9)5-6-15-2/h3-4,7,12H,5-6H2,1-2H3/p+1. The molecule has 1 heterocycles. The smallest absolute Gasteiger partial charge is 0.332 e. The number of nitrogens with zero attached hydrogens (tertiary/aromatic N) is 1. The maximum atomic E-state index is 6.02. The third-order valence-corrected chi connectivity index (χ3v) is 4.02. The number of aryl methyl sites for hydroxylation is 1. The third-order valence-electron chi connectivity index (χ3n) is 2.46. The summed E-state index contributed by atoms with van der Waals surface area (Å²) in [6, 6.07) is 6.08. The predicted octanol–water partition coefficient (Wildman–Crippen LogP) is 2.14. The Labute approximate surface area is 103 Å². The Morgan fingerprint density at radius 2 is 2.31 bits per heavy atom. The van der Waals surface area contributed by atoms with Gasteiger partial charge in [0.05, 0.1) is 11.8 Å². The summed E-state index contributed by atoms with van der Waals surface area (Å²) < 4.78 is 8.55. The van der Waals surface area contributed by atoms with E-state index in [1.807, 2.05) is 23.9 Å². The zero-order valence-electron chi connectivity index (χ0n) is 9.40. The van der Waals surface area contributed by atoms with Crippen LogP contribution in [0.1, 0.15) is 0 Å². The number of thiazole rings is 1. The van der Waals surface area contributed by atoms with E-state index in [1.165, 1.54) is 10.2 Å². The molecule has 1 aromatic heterocycles. The van der Waals surface area contributed by atoms with Crippen LogP contribution >= 0.6 is 23.1 Å². The molecule has 1 aromatic carbocycles. The average molecular weight is 255 g/mol. The van der Waals surface area contributed by atoms with Crippen molar-refractivity contribution in [2.45, 2.75) is 6.54 Å². The second-order valence-electron chi connectivity index (χ2n) is 3.42. The molecule has 5 heteroatoms. The van der Waals surface area contributed by atoms with Crippen LogP contribution in [0, 0.1) is 0 Å². The first-order chi connectivity index (χ1) is 7.76. The van der Waals surface area contributed by atoms with Crippen LogP contribution < -0.4 is 15.0 Å². The Hall–Kier alpha value is -0.940. The van der Waals surface area contributed by atoms with Gasteiger partial charge in [-0.15, -0.1) is 0 Å². The SMILES string of the molecule is COc1ccc2c(c1)sc(N)[n+]2CCSC. The topological polar surface area (TPSA) is 39.1 Å². The van der Waals surface area contributed by atoms with Crippen LogP contribution in [0.2, 0.25) is 0 Å². The van der Waals surface area contributed by atoms with Gasteiger partial charge in [0.2, 0.25) is 0 Å². The lowest BCUT2D eigenvalue weighted by Crippen LogP contribution is -2.36. The summed E-state index contributed by atoms with van der Waals surface area (Å²) in [6.07, 6.45) is 2.11. The monoisotopic (exact) mass is 255 g/mol. The maximum Gasteiger partial charge on any atom is 0.332 e. The number of rotatable bonds is 4. The lowest BCUT2D eigenvalue weighted by atomic mass is 10.3. The van der Waals surface area contributed by atoms with Crippen LogP contribution in [0.15, 0.2) is 18.2 Å². The number of nitrogen functional groups attached to an aromatic ring is 1. The van der Waals surface area contributed by atoms with Gasteiger partial charge in [0.15, 0.2) is 0 Å². The number of ether oxygens (including phenoxy) is 1. The fourth-order valence-corrected chi connectivity index (χ4v) is 2.97. The van der Waals surface area contributed by atoms with Crippen LogP contribution in [0.25, 0.3) is 10.2 Å². The Kier molecular flexibility index (Phi) is 3.56. The van der Waals surface area contributed by atoms with Crippen molar-refractivity contribution < 1.29 is 9.30 Å². The van der Waals surface area contributed by atoms with E-state index < -0.39 is 0 Å². The number of hydrogen-bond acceptors (Lipinski definition) is 4. The van der Waals surface area contributed by atoms with Gasteiger partial charge in [-0.25, -0.2) is 4.57 Å². The summed E-state index contributed by atoms with van der Waals surface area (Å²) in [5.74, 6) is 1.96. The third kappa shape index (κ3) is 2.10. The summed E-state index contributed by atoms with van der Waals surface area (Å²) in [7, 11) is 1.68. The molecule has 0 unspecified atom stereocenters. The molecule has 86 valence electrons. The van der Waals surface area contributed by atoms with Crippen molar-refractivity contribution in [2.75, 3.05) is 24.9 Å². The van der Waals surface area contributed by atoms with E-state index in [4.69, 9.17) is 10.5 Å². The highest BCUT2D eigenvalue weighted by Crippen LogP contribution is 2.26. The molecular weight excluding hydrogens is 240 g/mol. The van der Waals surface area contributed by atoms with Gasteiger partial charge in [-0.05, 0) is 29.7 Å². The number of methoxy groups -OCH3 is 1. The average Bonchev–Trinajstić information content (AvgIpc) is 2.61. The van der Waals surface area contributed by atoms with E-state index in [2.05, 4.69) is 16.9 Å². The van der Waals surface area contributed by atoms with E-state index in [1.54, 1.807) is 18.4 Å². The molecule has 0 atom stereocenters. The molecular formula is C11H15N2OS2+. The molecule has 0 aliphatic heterocycles. The first kappa shape index (κ1) is 11.5. The molecule has 0 aliphatic carbocycles. The van der Waals surface area contributed by atoms with E-state index in [-0.39, 0.29) is 0 Å². The highest BCUT2D eigenvalue weighted by atomic mass is 32.2. The van der Waals surface area contributed by atoms with Crippen LogP contribution in [0.4, 0.5) is 5.13 Å². The quantitative estimate of drug-likeness (QED) is 0.851. The van der Waals surface area contributed by atoms with Gasteiger partial charge >= 0.3 is 5.13 Å². The zero-order valence-corrected chi connectivity index (χ0v) is 11.0. The van der Waals surface area contributed by atoms with Crippen molar-refractivity contribution in [3.05, 3.63) is 18.2 Å². The zero-order chi connectivity index (χ0) is 11.5. The van der Waals surface area contributed by atoms with Crippen molar-refractivity contribution in [3.63, 3.8) is 0 Å². The van der Waals surface area contributed by atoms with Gasteiger partial charge in [0.1, 0.15) is 17.8 Å². The highest BCUT2D eigenvalue weighted by molar-refractivity contribution is 7.98. The number of anilines is 1. The Bertz CT molecular complexity index is 496. The highest BCUT2D eigenvalue weighted by Gasteiger charge is 2.14. The minimum Gasteiger partial charge on any atom is -0.497 e. The maximum absolute atomic E-state index is 6.02. The van der Waals surface area contributed by atoms with Crippen LogP contribution in [0.5, 0.6) is 5.75 Å². The molecule has 0 fully saturated rings. The Morgan fingerprint density at radius 1 is 1.50 bits per heavy atom. The van der Waals surface area contributed by atoms with Gasteiger partial charge in [-0.3, -0.25) is 5.73 Å². The van der Waals surface area contributed by atoms with E-state index in [0.29, 0.717) is 0 Å². The second kappa shape index (κ2) is 4.93. The van der Waals surface area contributed by atoms with Crippen molar-refractivity contribution in [1.82, 2.24) is 0 Å². The van der Waals surface area contributed by atoms with E-state index >= 15 is 0 Å². The second-order valence-corrected chi connectivity index (χ2v) is 5.47. The molecule has 2 N–H and O–H groups in total. The number of hydrogen-bond donors (Lipinski definition) is 1. The first-order valence-corrected chi connectivity index (χ1v) is 7.22. The van der Waals surface area contributed by atoms with Gasteiger partial charge in [0.25, 0.3) is 0 Å². The molecule has 16 heavy (non-hydrogen) atoms. The molecule has 2 rings (SSSR count). The summed E-state index contributed by atoms with van der Waals surface area (Å²) in [5, 5.41) is 0.859. The minimum atomic E-state index is 0.859. The largest absolute Gasteiger partial charge is 0.497 e. The summed E-state index contributed by atoms with van der Waals surface area (Å²) >= 11 is 3.44. The number of benzene rings is 1. The Morgan fingerprint density at radius 3 is 3.00 bits per heavy atom. The predicted molar refractivity (Wildman–Crippen MR) is 71.4 cm³/mol. The van der Waals surface area contributed by atoms with Gasteiger partial charge in [-0.1, -0.05) is 0 Å². The molecule has 2 aromatic rings. The van der Waals surface area contributed by atoms with Crippen molar-refractivity contribution in [1.29, 1.82) is 0 Å². The molecule has 0 bridgehead atoms. The van der Waals surface area contributed by atoms with Crippen LogP contribution in [0.3, 0.4) is 0 Å². The number of fused-ring (bicyclic) bond motifs is 1. The lowest BCUT2D eigenvalue weighted by molar-refractivity contribution is -0.648. The van der Waals surface area contributed by atoms with Crippen molar-refractivity contribution >= 4 is 38.4 Å². The van der Waals surface area contributed by atoms with Gasteiger partial charge < -0.3 is 4.74 Å². The molecule has 3 nitrogen and oxygen atoms in total. The number of thioether (sulfide) groups is 1. The van der Waals surface area contributed by atoms with Crippen LogP contribution in [-0.4, -0.2) is 19.1 Å². The summed E-state index contributed by atoms with van der Waals surface area (Å²) in [4.78, 5) is 0. The lowest BCUT2D eigenvalue weighted by Gasteiger charge is -2.00. The fourth-order valence-electron chi connectivity index (χ4n) is 1.63. The number of aromatic nitrogens is 1. The van der Waals surface area contributed by atoms with Gasteiger partial charge in [0, 0.05) is 11.8 Å². The molecule has 0 saturated carbocycles. The molecule has 0 aliphatic rings. The first-order valence-electron chi connectivity index (χ1n) is 5.01. The number of nitrogens with two attached hydrogens (primary N) is 1. The van der Waals surface area contributed by atoms with Crippen molar-refractivity contribution in [2.24, 2.45) is 0 Å². The van der Waals surface area contributed by atoms with Gasteiger partial charge in [-0.2, -0.15) is 11.8 Å². The normalized spacial score (nSPS) is 10.9. The molecule has 0 radical (unpaired) electrons. The van der Waals surface area contributed by atoms with Crippen LogP contribution in [-0.2, 0) is 6.54 Å². The fraction of sp³-hybridized carbons (Fsp3) is 0.364.